The monoisotopic (exact) mass is 894 g/mol. The first-order valence-electron chi connectivity index (χ1n) is 21.8. The van der Waals surface area contributed by atoms with Crippen molar-refractivity contribution in [1.82, 2.24) is 45.6 Å². The molecule has 5 heterocycles. The van der Waals surface area contributed by atoms with Crippen LogP contribution in [0.5, 0.6) is 0 Å². The summed E-state index contributed by atoms with van der Waals surface area (Å²) in [6.07, 6.45) is 0.397. The first kappa shape index (κ1) is 46.2. The minimum absolute atomic E-state index is 0.0476. The molecule has 2 aromatic heterocycles. The second kappa shape index (κ2) is 20.3. The molecular formula is C46H58N10O7S. The first-order valence-corrected chi connectivity index (χ1v) is 22.7. The topological polar surface area (TPSA) is 222 Å². The lowest BCUT2D eigenvalue weighted by Crippen LogP contribution is -2.58. The molecule has 0 unspecified atom stereocenters. The van der Waals surface area contributed by atoms with Crippen LogP contribution in [0.2, 0.25) is 0 Å². The summed E-state index contributed by atoms with van der Waals surface area (Å²) in [6.45, 7) is 10.4. The molecule has 3 aliphatic rings. The van der Waals surface area contributed by atoms with Crippen molar-refractivity contribution in [2.45, 2.75) is 96.8 Å². The van der Waals surface area contributed by atoms with Gasteiger partial charge >= 0.3 is 0 Å². The molecule has 340 valence electrons. The maximum Gasteiger partial charge on any atom is 0.270 e. The standard InChI is InChI=1S/C46H58N10O7S/c1-28-41(64-27-51-28)31-11-9-29(10-12-31)19-47-44(62)37-17-34(57)25-56(37)45(63)42(46(2,3)4)53-39(59)13-14-40(60)55-22-33(23-55)52-38-18-36(49-26-50-38)43(61)48-20-35(58)24-54-16-15-30-7-5-6-8-32(30)21-54/h5-12,18,26-27,33-35,37,42,57-58H,13-17,19-25H2,1-4H3,(H,47,62)(H,48,61)(H,53,59)(H,49,50,52)/t34-,35+,37+,42-/m1/s1. The van der Waals surface area contributed by atoms with Gasteiger partial charge in [0.1, 0.15) is 29.9 Å². The van der Waals surface area contributed by atoms with E-state index in [4.69, 9.17) is 0 Å². The first-order chi connectivity index (χ1) is 30.6. The number of anilines is 1. The number of hydrogen-bond acceptors (Lipinski definition) is 13. The average molecular weight is 895 g/mol. The van der Waals surface area contributed by atoms with Gasteiger partial charge in [-0.25, -0.2) is 15.0 Å². The Kier molecular flexibility index (Phi) is 14.7. The van der Waals surface area contributed by atoms with Crippen molar-refractivity contribution >= 4 is 46.7 Å². The summed E-state index contributed by atoms with van der Waals surface area (Å²) in [5, 5.41) is 32.9. The smallest absolute Gasteiger partial charge is 0.270 e. The minimum Gasteiger partial charge on any atom is -0.391 e. The number of thiazole rings is 1. The number of amides is 5. The maximum absolute atomic E-state index is 14.0. The van der Waals surface area contributed by atoms with Crippen LogP contribution in [0.3, 0.4) is 0 Å². The zero-order valence-electron chi connectivity index (χ0n) is 36.8. The van der Waals surface area contributed by atoms with E-state index >= 15 is 0 Å². The normalized spacial score (nSPS) is 18.7. The molecule has 0 spiro atoms. The molecule has 4 atom stereocenters. The van der Waals surface area contributed by atoms with Gasteiger partial charge in [0.15, 0.2) is 0 Å². The number of nitrogens with zero attached hydrogens (tertiary/aromatic N) is 6. The molecule has 3 aliphatic heterocycles. The van der Waals surface area contributed by atoms with E-state index in [1.807, 2.05) is 43.3 Å². The Morgan fingerprint density at radius 3 is 2.41 bits per heavy atom. The molecule has 5 amide bonds. The number of β-amino-alcohol motifs (C(OH)–C–C–N with tert-alkyl or cyclic N) is 2. The fraction of sp³-hybridized carbons (Fsp3) is 0.478. The molecule has 2 saturated heterocycles. The number of hydrogen-bond donors (Lipinski definition) is 6. The van der Waals surface area contributed by atoms with Gasteiger partial charge in [0.05, 0.1) is 34.3 Å². The number of carbonyl (C=O) groups is 5. The lowest BCUT2D eigenvalue weighted by Gasteiger charge is -2.40. The summed E-state index contributed by atoms with van der Waals surface area (Å²) in [6, 6.07) is 15.6. The molecule has 6 N–H and O–H groups in total. The zero-order valence-corrected chi connectivity index (χ0v) is 37.6. The van der Waals surface area contributed by atoms with E-state index in [0.717, 1.165) is 41.2 Å². The third-order valence-electron chi connectivity index (χ3n) is 11.9. The third kappa shape index (κ3) is 11.6. The highest BCUT2D eigenvalue weighted by molar-refractivity contribution is 7.13. The Balaban J connectivity index is 0.828. The van der Waals surface area contributed by atoms with Crippen LogP contribution in [0.4, 0.5) is 5.82 Å². The number of aliphatic hydroxyl groups excluding tert-OH is 2. The summed E-state index contributed by atoms with van der Waals surface area (Å²) in [5.41, 5.74) is 6.64. The van der Waals surface area contributed by atoms with Crippen LogP contribution >= 0.6 is 11.3 Å². The zero-order chi connectivity index (χ0) is 45.5. The Morgan fingerprint density at radius 1 is 0.938 bits per heavy atom. The van der Waals surface area contributed by atoms with Gasteiger partial charge in [0, 0.05) is 77.7 Å². The van der Waals surface area contributed by atoms with Crippen LogP contribution < -0.4 is 21.3 Å². The number of nitrogens with one attached hydrogen (secondary N) is 4. The van der Waals surface area contributed by atoms with Crippen molar-refractivity contribution < 1.29 is 34.2 Å². The summed E-state index contributed by atoms with van der Waals surface area (Å²) in [4.78, 5) is 85.5. The molecule has 17 nitrogen and oxygen atoms in total. The van der Waals surface area contributed by atoms with Gasteiger partial charge in [-0.15, -0.1) is 11.3 Å². The number of aliphatic hydroxyl groups is 2. The van der Waals surface area contributed by atoms with Gasteiger partial charge in [0.25, 0.3) is 5.91 Å². The highest BCUT2D eigenvalue weighted by Crippen LogP contribution is 2.29. The van der Waals surface area contributed by atoms with E-state index in [9.17, 15) is 34.2 Å². The van der Waals surface area contributed by atoms with E-state index in [2.05, 4.69) is 53.3 Å². The fourth-order valence-electron chi connectivity index (χ4n) is 8.31. The molecule has 18 heteroatoms. The van der Waals surface area contributed by atoms with E-state index in [1.165, 1.54) is 28.4 Å². The quantitative estimate of drug-likeness (QED) is 0.0954. The van der Waals surface area contributed by atoms with Crippen LogP contribution in [0, 0.1) is 12.3 Å². The summed E-state index contributed by atoms with van der Waals surface area (Å²) < 4.78 is 0. The van der Waals surface area contributed by atoms with Gasteiger partial charge in [-0.3, -0.25) is 28.9 Å². The summed E-state index contributed by atoms with van der Waals surface area (Å²) in [7, 11) is 0. The van der Waals surface area contributed by atoms with E-state index in [-0.39, 0.29) is 56.5 Å². The van der Waals surface area contributed by atoms with Crippen molar-refractivity contribution in [3.05, 3.63) is 94.5 Å². The van der Waals surface area contributed by atoms with E-state index in [0.29, 0.717) is 25.5 Å². The van der Waals surface area contributed by atoms with Crippen LogP contribution in [0.25, 0.3) is 10.4 Å². The lowest BCUT2D eigenvalue weighted by molar-refractivity contribution is -0.144. The van der Waals surface area contributed by atoms with Gasteiger partial charge in [0.2, 0.25) is 23.6 Å². The third-order valence-corrected chi connectivity index (χ3v) is 12.9. The lowest BCUT2D eigenvalue weighted by atomic mass is 9.85. The highest BCUT2D eigenvalue weighted by atomic mass is 32.1. The van der Waals surface area contributed by atoms with E-state index in [1.54, 1.807) is 42.5 Å². The second-order valence-electron chi connectivity index (χ2n) is 18.0. The molecule has 0 bridgehead atoms. The Bertz CT molecular complexity index is 2310. The molecule has 0 saturated carbocycles. The van der Waals surface area contributed by atoms with Crippen molar-refractivity contribution in [3.8, 4) is 10.4 Å². The van der Waals surface area contributed by atoms with Gasteiger partial charge in [-0.1, -0.05) is 69.3 Å². The summed E-state index contributed by atoms with van der Waals surface area (Å²) >= 11 is 1.56. The number of aryl methyl sites for hydroxylation is 1. The Labute approximate surface area is 377 Å². The SMILES string of the molecule is Cc1ncsc1-c1ccc(CNC(=O)[C@@H]2C[C@@H](O)CN2C(=O)[C@@H](NC(=O)CCC(=O)N2CC(Nc3cc(C(=O)NC[C@H](O)CN4CCc5ccccc5C4)ncn3)C2)C(C)(C)C)cc1. The van der Waals surface area contributed by atoms with Gasteiger partial charge in [-0.05, 0) is 41.0 Å². The molecule has 7 rings (SSSR count). The number of rotatable bonds is 16. The van der Waals surface area contributed by atoms with E-state index < -0.39 is 53.3 Å². The van der Waals surface area contributed by atoms with Crippen LogP contribution in [0.1, 0.15) is 72.9 Å². The fourth-order valence-corrected chi connectivity index (χ4v) is 9.12. The number of benzene rings is 2. The number of carbonyl (C=O) groups excluding carboxylic acids is 5. The molecule has 2 fully saturated rings. The molecule has 4 aromatic rings. The van der Waals surface area contributed by atoms with Crippen molar-refractivity contribution in [1.29, 1.82) is 0 Å². The predicted molar refractivity (Wildman–Crippen MR) is 241 cm³/mol. The van der Waals surface area contributed by atoms with Crippen LogP contribution in [-0.2, 0) is 38.7 Å². The molecular weight excluding hydrogens is 837 g/mol. The molecule has 64 heavy (non-hydrogen) atoms. The Hall–Kier alpha value is -5.82. The van der Waals surface area contributed by atoms with Crippen molar-refractivity contribution in [3.63, 3.8) is 0 Å². The van der Waals surface area contributed by atoms with Crippen molar-refractivity contribution in [2.24, 2.45) is 5.41 Å². The number of likely N-dealkylation sites (tertiary alicyclic amines) is 2. The number of aromatic nitrogens is 3. The average Bonchev–Trinajstić information content (AvgIpc) is 3.88. The molecule has 0 radical (unpaired) electrons. The molecule has 2 aromatic carbocycles. The van der Waals surface area contributed by atoms with Gasteiger partial charge < -0.3 is 41.3 Å². The van der Waals surface area contributed by atoms with Gasteiger partial charge in [-0.2, -0.15) is 0 Å². The molecule has 0 aliphatic carbocycles. The maximum atomic E-state index is 14.0. The van der Waals surface area contributed by atoms with Crippen molar-refractivity contribution in [2.75, 3.05) is 44.6 Å². The number of fused-ring (bicyclic) bond motifs is 1. The second-order valence-corrected chi connectivity index (χ2v) is 18.8. The van der Waals surface area contributed by atoms with Crippen LogP contribution in [-0.4, -0.2) is 139 Å². The summed E-state index contributed by atoms with van der Waals surface area (Å²) in [5.74, 6) is -1.60. The highest BCUT2D eigenvalue weighted by Gasteiger charge is 2.44. The Morgan fingerprint density at radius 2 is 1.69 bits per heavy atom. The minimum atomic E-state index is -1.01. The largest absolute Gasteiger partial charge is 0.391 e. The van der Waals surface area contributed by atoms with Crippen LogP contribution in [0.15, 0.2) is 66.4 Å². The predicted octanol–water partition coefficient (Wildman–Crippen LogP) is 2.27.